The van der Waals surface area contributed by atoms with E-state index in [4.69, 9.17) is 19.3 Å². The number of oxime groups is 1. The zero-order chi connectivity index (χ0) is 26.6. The van der Waals surface area contributed by atoms with Crippen molar-refractivity contribution in [2.75, 3.05) is 26.9 Å². The summed E-state index contributed by atoms with van der Waals surface area (Å²) in [5.41, 5.74) is 1.05. The Balaban J connectivity index is 1.26. The standard InChI is InChI=1S/C25H26F4N5O3S/c1-35-8-9-36-20-5-3-2-4-15(20)21-12-16(33-37-21)18-13-38-25(31-18)14-6-7-30-22(10-14)34-19(24(28)29)11-17(32-34)23(26)27/h2-5,11,13-14,21-24H,6-10,12H2,1H3. The second-order valence-corrected chi connectivity index (χ2v) is 9.82. The van der Waals surface area contributed by atoms with E-state index in [2.05, 4.69) is 15.6 Å². The number of hydrogen-bond acceptors (Lipinski definition) is 7. The van der Waals surface area contributed by atoms with Crippen molar-refractivity contribution in [3.63, 3.8) is 0 Å². The van der Waals surface area contributed by atoms with Crippen LogP contribution in [0.4, 0.5) is 17.6 Å². The van der Waals surface area contributed by atoms with E-state index in [9.17, 15) is 17.6 Å². The molecule has 38 heavy (non-hydrogen) atoms. The van der Waals surface area contributed by atoms with Gasteiger partial charge in [-0.1, -0.05) is 23.4 Å². The number of halogens is 4. The summed E-state index contributed by atoms with van der Waals surface area (Å²) >= 11 is 1.45. The Bertz CT molecular complexity index is 1270. The van der Waals surface area contributed by atoms with Crippen LogP contribution in [0.1, 0.15) is 78.0 Å². The fraction of sp³-hybridized carbons (Fsp3) is 0.480. The van der Waals surface area contributed by atoms with Crippen LogP contribution in [0, 0.1) is 0 Å². The van der Waals surface area contributed by atoms with Crippen LogP contribution in [-0.4, -0.2) is 47.3 Å². The summed E-state index contributed by atoms with van der Waals surface area (Å²) in [6.07, 6.45) is -5.41. The molecule has 5 rings (SSSR count). The van der Waals surface area contributed by atoms with Crippen LogP contribution in [0.15, 0.2) is 40.9 Å². The summed E-state index contributed by atoms with van der Waals surface area (Å²) in [7, 11) is 1.61. The lowest BCUT2D eigenvalue weighted by molar-refractivity contribution is 0.0813. The predicted octanol–water partition coefficient (Wildman–Crippen LogP) is 5.79. The molecule has 0 spiro atoms. The van der Waals surface area contributed by atoms with Crippen LogP contribution in [0.5, 0.6) is 5.75 Å². The minimum absolute atomic E-state index is 0.0744. The van der Waals surface area contributed by atoms with E-state index < -0.39 is 30.4 Å². The average molecular weight is 553 g/mol. The molecule has 3 atom stereocenters. The first-order valence-corrected chi connectivity index (χ1v) is 13.0. The molecule has 13 heteroatoms. The van der Waals surface area contributed by atoms with Gasteiger partial charge in [0.25, 0.3) is 12.9 Å². The zero-order valence-corrected chi connectivity index (χ0v) is 21.3. The van der Waals surface area contributed by atoms with Crippen LogP contribution < -0.4 is 10.1 Å². The molecule has 1 aromatic carbocycles. The van der Waals surface area contributed by atoms with Gasteiger partial charge in [-0.3, -0.25) is 0 Å². The van der Waals surface area contributed by atoms with E-state index in [1.807, 2.05) is 29.6 Å². The molecule has 1 fully saturated rings. The van der Waals surface area contributed by atoms with Crippen molar-refractivity contribution in [2.24, 2.45) is 5.16 Å². The number of methoxy groups -OCH3 is 1. The minimum Gasteiger partial charge on any atom is -0.491 e. The molecule has 3 unspecified atom stereocenters. The first-order valence-electron chi connectivity index (χ1n) is 12.2. The maximum Gasteiger partial charge on any atom is 0.282 e. The minimum atomic E-state index is -2.93. The second-order valence-electron chi connectivity index (χ2n) is 8.93. The van der Waals surface area contributed by atoms with Crippen molar-refractivity contribution in [3.05, 3.63) is 63.4 Å². The van der Waals surface area contributed by atoms with Crippen LogP contribution in [0.2, 0.25) is 0 Å². The average Bonchev–Trinajstić information content (AvgIpc) is 3.69. The number of para-hydroxylation sites is 1. The molecule has 1 radical (unpaired) electrons. The maximum atomic E-state index is 13.5. The highest BCUT2D eigenvalue weighted by molar-refractivity contribution is 7.10. The Morgan fingerprint density at radius 3 is 2.79 bits per heavy atom. The van der Waals surface area contributed by atoms with Gasteiger partial charge in [0.2, 0.25) is 0 Å². The molecule has 0 amide bonds. The number of alkyl halides is 4. The number of piperidine rings is 1. The molecule has 0 bridgehead atoms. The molecule has 8 nitrogen and oxygen atoms in total. The topological polar surface area (TPSA) is 84.9 Å². The van der Waals surface area contributed by atoms with E-state index in [1.54, 1.807) is 7.11 Å². The Morgan fingerprint density at radius 2 is 2.00 bits per heavy atom. The summed E-state index contributed by atoms with van der Waals surface area (Å²) in [5.74, 6) is 0.633. The summed E-state index contributed by atoms with van der Waals surface area (Å²) in [5, 5.41) is 15.1. The van der Waals surface area contributed by atoms with Crippen LogP contribution >= 0.6 is 11.3 Å². The normalized spacial score (nSPS) is 21.7. The van der Waals surface area contributed by atoms with E-state index >= 15 is 0 Å². The first kappa shape index (κ1) is 26.6. The Kier molecular flexibility index (Phi) is 8.24. The largest absolute Gasteiger partial charge is 0.491 e. The van der Waals surface area contributed by atoms with Gasteiger partial charge >= 0.3 is 0 Å². The lowest BCUT2D eigenvalue weighted by atomic mass is 9.96. The predicted molar refractivity (Wildman–Crippen MR) is 131 cm³/mol. The molecule has 0 aliphatic carbocycles. The summed E-state index contributed by atoms with van der Waals surface area (Å²) in [6, 6.07) is 8.37. The lowest BCUT2D eigenvalue weighted by Gasteiger charge is -2.29. The van der Waals surface area contributed by atoms with Gasteiger partial charge in [-0.05, 0) is 25.0 Å². The molecule has 2 aliphatic rings. The van der Waals surface area contributed by atoms with Gasteiger partial charge < -0.3 is 14.3 Å². The molecule has 1 saturated heterocycles. The third-order valence-electron chi connectivity index (χ3n) is 6.47. The van der Waals surface area contributed by atoms with E-state index in [1.165, 1.54) is 11.3 Å². The highest BCUT2D eigenvalue weighted by Crippen LogP contribution is 2.39. The fourth-order valence-corrected chi connectivity index (χ4v) is 5.56. The van der Waals surface area contributed by atoms with Gasteiger partial charge in [-0.15, -0.1) is 11.3 Å². The number of hydrogen-bond donors (Lipinski definition) is 0. The van der Waals surface area contributed by atoms with Crippen LogP contribution in [-0.2, 0) is 9.57 Å². The second kappa shape index (κ2) is 11.8. The first-order chi connectivity index (χ1) is 18.4. The number of ether oxygens (including phenoxy) is 2. The molecular weight excluding hydrogens is 526 g/mol. The summed E-state index contributed by atoms with van der Waals surface area (Å²) < 4.78 is 65.1. The number of rotatable bonds is 10. The SMILES string of the molecule is COCCOc1ccccc1C1CC(c2csc(C3CC[N]C(n4nc(C(F)F)cc4C(F)F)C3)n2)=NO1. The Morgan fingerprint density at radius 1 is 1.16 bits per heavy atom. The molecule has 3 aromatic rings. The highest BCUT2D eigenvalue weighted by atomic mass is 32.1. The molecular formula is C25H26F4N5O3S. The smallest absolute Gasteiger partial charge is 0.282 e. The van der Waals surface area contributed by atoms with Crippen molar-refractivity contribution in [3.8, 4) is 5.75 Å². The van der Waals surface area contributed by atoms with Crippen molar-refractivity contribution < 1.29 is 31.9 Å². The van der Waals surface area contributed by atoms with E-state index in [0.29, 0.717) is 56.2 Å². The highest BCUT2D eigenvalue weighted by Gasteiger charge is 2.33. The van der Waals surface area contributed by atoms with Gasteiger partial charge in [-0.2, -0.15) is 5.10 Å². The number of nitrogens with zero attached hydrogens (tertiary/aromatic N) is 5. The summed E-state index contributed by atoms with van der Waals surface area (Å²) in [6.45, 7) is 1.28. The van der Waals surface area contributed by atoms with Crippen molar-refractivity contribution in [2.45, 2.75) is 50.3 Å². The Hall–Kier alpha value is -3.03. The van der Waals surface area contributed by atoms with Crippen LogP contribution in [0.25, 0.3) is 0 Å². The van der Waals surface area contributed by atoms with E-state index in [0.717, 1.165) is 21.3 Å². The lowest BCUT2D eigenvalue weighted by Crippen LogP contribution is -2.31. The van der Waals surface area contributed by atoms with Crippen molar-refractivity contribution in [1.29, 1.82) is 0 Å². The van der Waals surface area contributed by atoms with Crippen molar-refractivity contribution in [1.82, 2.24) is 20.1 Å². The monoisotopic (exact) mass is 552 g/mol. The molecule has 0 saturated carbocycles. The third-order valence-corrected chi connectivity index (χ3v) is 7.48. The van der Waals surface area contributed by atoms with Gasteiger partial charge in [0.05, 0.1) is 17.3 Å². The van der Waals surface area contributed by atoms with Crippen LogP contribution in [0.3, 0.4) is 0 Å². The molecule has 0 N–H and O–H groups in total. The molecule has 203 valence electrons. The Labute approximate surface area is 220 Å². The van der Waals surface area contributed by atoms with Gasteiger partial charge in [0.1, 0.15) is 35.6 Å². The number of benzene rings is 1. The summed E-state index contributed by atoms with van der Waals surface area (Å²) in [4.78, 5) is 10.5. The molecule has 4 heterocycles. The number of aromatic nitrogens is 3. The molecule has 2 aromatic heterocycles. The third kappa shape index (κ3) is 5.69. The number of thiazole rings is 1. The van der Waals surface area contributed by atoms with Crippen molar-refractivity contribution >= 4 is 17.0 Å². The fourth-order valence-electron chi connectivity index (χ4n) is 4.58. The van der Waals surface area contributed by atoms with Gasteiger partial charge in [-0.25, -0.2) is 32.5 Å². The zero-order valence-electron chi connectivity index (χ0n) is 20.5. The van der Waals surface area contributed by atoms with Gasteiger partial charge in [0, 0.05) is 36.9 Å². The van der Waals surface area contributed by atoms with Gasteiger partial charge in [0.15, 0.2) is 6.10 Å². The quantitative estimate of drug-likeness (QED) is 0.235. The van der Waals surface area contributed by atoms with E-state index in [-0.39, 0.29) is 12.0 Å². The molecule has 2 aliphatic heterocycles. The maximum absolute atomic E-state index is 13.5.